The van der Waals surface area contributed by atoms with Crippen LogP contribution in [0.4, 0.5) is 5.69 Å². The van der Waals surface area contributed by atoms with E-state index >= 15 is 0 Å². The monoisotopic (exact) mass is 440 g/mol. The van der Waals surface area contributed by atoms with E-state index in [1.807, 2.05) is 70.9 Å². The van der Waals surface area contributed by atoms with E-state index in [2.05, 4.69) is 5.32 Å². The van der Waals surface area contributed by atoms with Crippen LogP contribution in [-0.4, -0.2) is 22.8 Å². The summed E-state index contributed by atoms with van der Waals surface area (Å²) in [5.74, 6) is 0.0121. The number of amides is 1. The Hall–Kier alpha value is -4.15. The van der Waals surface area contributed by atoms with E-state index in [9.17, 15) is 10.1 Å². The summed E-state index contributed by atoms with van der Waals surface area (Å²) in [7, 11) is 1.53. The van der Waals surface area contributed by atoms with Crippen LogP contribution in [0.5, 0.6) is 5.75 Å². The minimum atomic E-state index is -0.509. The fourth-order valence-corrected chi connectivity index (χ4v) is 3.97. The molecule has 0 aliphatic heterocycles. The van der Waals surface area contributed by atoms with Crippen LogP contribution in [0.1, 0.15) is 11.1 Å². The summed E-state index contributed by atoms with van der Waals surface area (Å²) >= 11 is 1.56. The van der Waals surface area contributed by atoms with Crippen molar-refractivity contribution in [2.24, 2.45) is 0 Å². The Morgan fingerprint density at radius 1 is 1.16 bits per heavy atom. The van der Waals surface area contributed by atoms with Gasteiger partial charge in [0.25, 0.3) is 5.91 Å². The Morgan fingerprint density at radius 3 is 2.66 bits per heavy atom. The number of benzene rings is 2. The molecule has 0 unspecified atom stereocenters. The van der Waals surface area contributed by atoms with Gasteiger partial charge in [0.1, 0.15) is 23.1 Å². The number of aromatic nitrogens is 2. The van der Waals surface area contributed by atoms with Gasteiger partial charge in [0.05, 0.1) is 24.2 Å². The second-order valence-corrected chi connectivity index (χ2v) is 7.87. The third kappa shape index (κ3) is 4.77. The first-order chi connectivity index (χ1) is 15.7. The van der Waals surface area contributed by atoms with Gasteiger partial charge in [-0.05, 0) is 35.2 Å². The fourth-order valence-electron chi connectivity index (χ4n) is 3.24. The molecule has 4 rings (SSSR count). The smallest absolute Gasteiger partial charge is 0.266 e. The minimum Gasteiger partial charge on any atom is -0.495 e. The number of hydrogen-bond donors (Lipinski definition) is 1. The Morgan fingerprint density at radius 2 is 1.94 bits per heavy atom. The van der Waals surface area contributed by atoms with Crippen molar-refractivity contribution in [2.75, 3.05) is 12.4 Å². The van der Waals surface area contributed by atoms with Gasteiger partial charge < -0.3 is 10.1 Å². The largest absolute Gasteiger partial charge is 0.495 e. The van der Waals surface area contributed by atoms with Crippen molar-refractivity contribution in [1.82, 2.24) is 9.78 Å². The third-order valence-electron chi connectivity index (χ3n) is 4.75. The molecule has 0 bridgehead atoms. The third-order valence-corrected chi connectivity index (χ3v) is 5.63. The van der Waals surface area contributed by atoms with Crippen molar-refractivity contribution < 1.29 is 9.53 Å². The van der Waals surface area contributed by atoms with E-state index in [0.29, 0.717) is 23.5 Å². The van der Waals surface area contributed by atoms with Gasteiger partial charge in [0, 0.05) is 11.8 Å². The number of anilines is 1. The van der Waals surface area contributed by atoms with E-state index < -0.39 is 5.91 Å². The van der Waals surface area contributed by atoms with Crippen LogP contribution in [0.3, 0.4) is 0 Å². The number of hydrogen-bond acceptors (Lipinski definition) is 5. The SMILES string of the molecule is COc1ccccc1NC(=O)/C(C#N)=C/c1cn(Cc2ccccc2)nc1-c1cccs1. The average Bonchev–Trinajstić information content (AvgIpc) is 3.48. The van der Waals surface area contributed by atoms with Crippen molar-refractivity contribution in [1.29, 1.82) is 5.26 Å². The van der Waals surface area contributed by atoms with Crippen molar-refractivity contribution in [2.45, 2.75) is 6.54 Å². The summed E-state index contributed by atoms with van der Waals surface area (Å²) < 4.78 is 7.10. The predicted molar refractivity (Wildman–Crippen MR) is 126 cm³/mol. The lowest BCUT2D eigenvalue weighted by atomic mass is 10.1. The lowest BCUT2D eigenvalue weighted by Crippen LogP contribution is -2.14. The van der Waals surface area contributed by atoms with Crippen LogP contribution in [0.15, 0.2) is 83.9 Å². The lowest BCUT2D eigenvalue weighted by Gasteiger charge is -2.09. The number of thiophene rings is 1. The molecule has 0 aliphatic carbocycles. The lowest BCUT2D eigenvalue weighted by molar-refractivity contribution is -0.112. The molecule has 0 aliphatic rings. The molecular weight excluding hydrogens is 420 g/mol. The van der Waals surface area contributed by atoms with Gasteiger partial charge in [-0.25, -0.2) is 0 Å². The van der Waals surface area contributed by atoms with Crippen LogP contribution in [0.2, 0.25) is 0 Å². The van der Waals surface area contributed by atoms with E-state index in [1.165, 1.54) is 7.11 Å². The van der Waals surface area contributed by atoms with Crippen LogP contribution in [0, 0.1) is 11.3 Å². The van der Waals surface area contributed by atoms with E-state index in [-0.39, 0.29) is 5.57 Å². The molecule has 0 atom stereocenters. The maximum atomic E-state index is 12.8. The molecule has 0 saturated carbocycles. The second kappa shape index (κ2) is 9.77. The average molecular weight is 441 g/mol. The fraction of sp³-hybridized carbons (Fsp3) is 0.0800. The molecule has 0 fully saturated rings. The zero-order valence-corrected chi connectivity index (χ0v) is 18.2. The molecule has 2 heterocycles. The molecule has 2 aromatic carbocycles. The van der Waals surface area contributed by atoms with Gasteiger partial charge in [-0.15, -0.1) is 11.3 Å². The standard InChI is InChI=1S/C25H20N4O2S/c1-31-22-11-6-5-10-21(22)27-25(30)19(15-26)14-20-17-29(16-18-8-3-2-4-9-18)28-24(20)23-12-7-13-32-23/h2-14,17H,16H2,1H3,(H,27,30)/b19-14+. The number of ether oxygens (including phenoxy) is 1. The maximum absolute atomic E-state index is 12.8. The van der Waals surface area contributed by atoms with Crippen molar-refractivity contribution in [3.05, 3.63) is 95.0 Å². The number of nitrogens with zero attached hydrogens (tertiary/aromatic N) is 3. The molecule has 0 saturated heterocycles. The molecule has 4 aromatic rings. The Kier molecular flexibility index (Phi) is 6.44. The van der Waals surface area contributed by atoms with Gasteiger partial charge in [-0.2, -0.15) is 10.4 Å². The molecule has 7 heteroatoms. The predicted octanol–water partition coefficient (Wildman–Crippen LogP) is 5.21. The molecule has 1 amide bonds. The quantitative estimate of drug-likeness (QED) is 0.316. The number of para-hydroxylation sites is 2. The highest BCUT2D eigenvalue weighted by Gasteiger charge is 2.16. The molecule has 32 heavy (non-hydrogen) atoms. The van der Waals surface area contributed by atoms with Gasteiger partial charge >= 0.3 is 0 Å². The highest BCUT2D eigenvalue weighted by atomic mass is 32.1. The van der Waals surface area contributed by atoms with E-state index in [4.69, 9.17) is 9.84 Å². The number of nitriles is 1. The van der Waals surface area contributed by atoms with Crippen molar-refractivity contribution in [3.63, 3.8) is 0 Å². The summed E-state index contributed by atoms with van der Waals surface area (Å²) in [4.78, 5) is 13.8. The van der Waals surface area contributed by atoms with Crippen LogP contribution in [0.25, 0.3) is 16.6 Å². The summed E-state index contributed by atoms with van der Waals surface area (Å²) in [6, 6.07) is 23.0. The normalized spacial score (nSPS) is 11.1. The number of methoxy groups -OCH3 is 1. The van der Waals surface area contributed by atoms with Crippen LogP contribution in [-0.2, 0) is 11.3 Å². The van der Waals surface area contributed by atoms with Crippen molar-refractivity contribution in [3.8, 4) is 22.4 Å². The van der Waals surface area contributed by atoms with Crippen LogP contribution < -0.4 is 10.1 Å². The zero-order valence-electron chi connectivity index (χ0n) is 17.4. The Bertz CT molecular complexity index is 1290. The maximum Gasteiger partial charge on any atom is 0.266 e. The summed E-state index contributed by atoms with van der Waals surface area (Å²) in [6.07, 6.45) is 3.43. The summed E-state index contributed by atoms with van der Waals surface area (Å²) in [5, 5.41) is 19.1. The topological polar surface area (TPSA) is 79.9 Å². The molecule has 1 N–H and O–H groups in total. The Labute approximate surface area is 190 Å². The first-order valence-corrected chi connectivity index (χ1v) is 10.8. The highest BCUT2D eigenvalue weighted by molar-refractivity contribution is 7.13. The first-order valence-electron chi connectivity index (χ1n) is 9.89. The van der Waals surface area contributed by atoms with Gasteiger partial charge in [-0.1, -0.05) is 48.5 Å². The first kappa shape index (κ1) is 21.1. The number of rotatable bonds is 7. The molecule has 0 radical (unpaired) electrons. The molecule has 158 valence electrons. The Balaban J connectivity index is 1.67. The molecule has 6 nitrogen and oxygen atoms in total. The number of carbonyl (C=O) groups is 1. The van der Waals surface area contributed by atoms with Gasteiger partial charge in [0.2, 0.25) is 0 Å². The summed E-state index contributed by atoms with van der Waals surface area (Å²) in [5.41, 5.74) is 3.02. The molecular formula is C25H20N4O2S. The van der Waals surface area contributed by atoms with Gasteiger partial charge in [0.15, 0.2) is 0 Å². The minimum absolute atomic E-state index is 0.0204. The molecule has 2 aromatic heterocycles. The van der Waals surface area contributed by atoms with E-state index in [1.54, 1.807) is 35.6 Å². The number of carbonyl (C=O) groups excluding carboxylic acids is 1. The number of nitrogens with one attached hydrogen (secondary N) is 1. The summed E-state index contributed by atoms with van der Waals surface area (Å²) in [6.45, 7) is 0.586. The second-order valence-electron chi connectivity index (χ2n) is 6.92. The van der Waals surface area contributed by atoms with Crippen molar-refractivity contribution >= 4 is 29.0 Å². The van der Waals surface area contributed by atoms with Crippen LogP contribution >= 0.6 is 11.3 Å². The van der Waals surface area contributed by atoms with E-state index in [0.717, 1.165) is 16.1 Å². The molecule has 0 spiro atoms. The zero-order chi connectivity index (χ0) is 22.3. The van der Waals surface area contributed by atoms with Gasteiger partial charge in [-0.3, -0.25) is 9.48 Å². The highest BCUT2D eigenvalue weighted by Crippen LogP contribution is 2.29.